The SMILES string of the molecule is Fc1cc2nccnc2cc1CNc1cnccc1OC1CCNC1. The third-order valence-electron chi connectivity index (χ3n) is 4.20. The fourth-order valence-corrected chi connectivity index (χ4v) is 2.88. The zero-order chi connectivity index (χ0) is 17.1. The molecule has 0 spiro atoms. The molecule has 128 valence electrons. The fraction of sp³-hybridized carbons (Fsp3) is 0.278. The van der Waals surface area contributed by atoms with Crippen LogP contribution in [0.4, 0.5) is 10.1 Å². The summed E-state index contributed by atoms with van der Waals surface area (Å²) in [5.41, 5.74) is 2.47. The quantitative estimate of drug-likeness (QED) is 0.744. The molecule has 6 nitrogen and oxygen atoms in total. The van der Waals surface area contributed by atoms with Gasteiger partial charge in [-0.2, -0.15) is 0 Å². The smallest absolute Gasteiger partial charge is 0.146 e. The molecule has 2 N–H and O–H groups in total. The van der Waals surface area contributed by atoms with Gasteiger partial charge in [0.25, 0.3) is 0 Å². The van der Waals surface area contributed by atoms with Gasteiger partial charge in [-0.05, 0) is 19.0 Å². The molecule has 1 unspecified atom stereocenters. The van der Waals surface area contributed by atoms with Crippen LogP contribution >= 0.6 is 0 Å². The summed E-state index contributed by atoms with van der Waals surface area (Å²) in [5.74, 6) is 0.413. The normalized spacial score (nSPS) is 16.9. The maximum Gasteiger partial charge on any atom is 0.146 e. The standard InChI is InChI=1S/C18H18FN5O/c19-14-8-16-15(22-5-6-23-16)7-12(14)9-24-17-11-21-4-2-18(17)25-13-1-3-20-10-13/h2,4-8,11,13,20,24H,1,3,9-10H2. The van der Waals surface area contributed by atoms with Crippen molar-refractivity contribution in [3.63, 3.8) is 0 Å². The Morgan fingerprint density at radius 1 is 1.20 bits per heavy atom. The number of anilines is 1. The predicted octanol–water partition coefficient (Wildman–Crippen LogP) is 2.52. The summed E-state index contributed by atoms with van der Waals surface area (Å²) in [6, 6.07) is 4.94. The van der Waals surface area contributed by atoms with E-state index in [2.05, 4.69) is 25.6 Å². The van der Waals surface area contributed by atoms with Gasteiger partial charge in [-0.25, -0.2) is 4.39 Å². The number of benzene rings is 1. The van der Waals surface area contributed by atoms with E-state index in [-0.39, 0.29) is 11.9 Å². The first kappa shape index (κ1) is 15.7. The molecule has 1 saturated heterocycles. The molecule has 25 heavy (non-hydrogen) atoms. The van der Waals surface area contributed by atoms with Gasteiger partial charge in [0.05, 0.1) is 22.9 Å². The second kappa shape index (κ2) is 6.98. The topological polar surface area (TPSA) is 72.0 Å². The summed E-state index contributed by atoms with van der Waals surface area (Å²) in [7, 11) is 0. The van der Waals surface area contributed by atoms with E-state index in [1.54, 1.807) is 30.9 Å². The first-order chi connectivity index (χ1) is 12.3. The highest BCUT2D eigenvalue weighted by Crippen LogP contribution is 2.26. The van der Waals surface area contributed by atoms with Crippen molar-refractivity contribution in [2.45, 2.75) is 19.1 Å². The molecular weight excluding hydrogens is 321 g/mol. The van der Waals surface area contributed by atoms with Crippen LogP contribution in [-0.2, 0) is 6.54 Å². The molecule has 1 aliphatic heterocycles. The maximum atomic E-state index is 14.3. The third-order valence-corrected chi connectivity index (χ3v) is 4.20. The first-order valence-electron chi connectivity index (χ1n) is 8.24. The van der Waals surface area contributed by atoms with Gasteiger partial charge in [0.15, 0.2) is 0 Å². The van der Waals surface area contributed by atoms with Crippen molar-refractivity contribution >= 4 is 16.7 Å². The largest absolute Gasteiger partial charge is 0.487 e. The third kappa shape index (κ3) is 3.51. The molecular formula is C18H18FN5O. The number of hydrogen-bond acceptors (Lipinski definition) is 6. The van der Waals surface area contributed by atoms with E-state index >= 15 is 0 Å². The van der Waals surface area contributed by atoms with Gasteiger partial charge in [0.2, 0.25) is 0 Å². The van der Waals surface area contributed by atoms with Crippen LogP contribution < -0.4 is 15.4 Å². The van der Waals surface area contributed by atoms with Crippen LogP contribution in [0.5, 0.6) is 5.75 Å². The average Bonchev–Trinajstić information content (AvgIpc) is 3.14. The Morgan fingerprint density at radius 3 is 2.84 bits per heavy atom. The Kier molecular flexibility index (Phi) is 4.39. The number of fused-ring (bicyclic) bond motifs is 1. The minimum absolute atomic E-state index is 0.149. The van der Waals surface area contributed by atoms with E-state index < -0.39 is 0 Å². The van der Waals surface area contributed by atoms with Crippen LogP contribution in [0.25, 0.3) is 11.0 Å². The van der Waals surface area contributed by atoms with Crippen LogP contribution in [0.1, 0.15) is 12.0 Å². The summed E-state index contributed by atoms with van der Waals surface area (Å²) in [6.07, 6.45) is 7.65. The highest BCUT2D eigenvalue weighted by Gasteiger charge is 2.17. The Morgan fingerprint density at radius 2 is 2.04 bits per heavy atom. The van der Waals surface area contributed by atoms with Crippen molar-refractivity contribution in [2.75, 3.05) is 18.4 Å². The van der Waals surface area contributed by atoms with Crippen LogP contribution in [0.15, 0.2) is 43.0 Å². The second-order valence-electron chi connectivity index (χ2n) is 5.95. The molecule has 3 heterocycles. The van der Waals surface area contributed by atoms with E-state index in [0.29, 0.717) is 23.1 Å². The van der Waals surface area contributed by atoms with Gasteiger partial charge in [0.1, 0.15) is 17.7 Å². The molecule has 3 aromatic rings. The number of aromatic nitrogens is 3. The zero-order valence-electron chi connectivity index (χ0n) is 13.6. The lowest BCUT2D eigenvalue weighted by molar-refractivity contribution is 0.224. The molecule has 1 atom stereocenters. The molecule has 1 aromatic carbocycles. The van der Waals surface area contributed by atoms with Crippen molar-refractivity contribution in [2.24, 2.45) is 0 Å². The van der Waals surface area contributed by atoms with E-state index in [1.165, 1.54) is 6.07 Å². The predicted molar refractivity (Wildman–Crippen MR) is 93.0 cm³/mol. The van der Waals surface area contributed by atoms with Crippen molar-refractivity contribution < 1.29 is 9.13 Å². The summed E-state index contributed by atoms with van der Waals surface area (Å²) in [5, 5.41) is 6.48. The lowest BCUT2D eigenvalue weighted by Gasteiger charge is -2.16. The van der Waals surface area contributed by atoms with Crippen LogP contribution in [-0.4, -0.2) is 34.1 Å². The molecule has 0 amide bonds. The summed E-state index contributed by atoms with van der Waals surface area (Å²) >= 11 is 0. The van der Waals surface area contributed by atoms with Gasteiger partial charge in [-0.15, -0.1) is 0 Å². The second-order valence-corrected chi connectivity index (χ2v) is 5.95. The number of nitrogens with zero attached hydrogens (tertiary/aromatic N) is 3. The Labute approximate surface area is 144 Å². The number of hydrogen-bond donors (Lipinski definition) is 2. The van der Waals surface area contributed by atoms with Crippen molar-refractivity contribution in [3.05, 3.63) is 54.4 Å². The van der Waals surface area contributed by atoms with E-state index in [1.807, 2.05) is 6.07 Å². The van der Waals surface area contributed by atoms with Gasteiger partial charge in [0, 0.05) is 49.4 Å². The molecule has 0 aliphatic carbocycles. The van der Waals surface area contributed by atoms with E-state index in [4.69, 9.17) is 4.74 Å². The Hall–Kier alpha value is -2.80. The fourth-order valence-electron chi connectivity index (χ4n) is 2.88. The molecule has 1 aliphatic rings. The first-order valence-corrected chi connectivity index (χ1v) is 8.24. The highest BCUT2D eigenvalue weighted by molar-refractivity contribution is 5.74. The average molecular weight is 339 g/mol. The minimum Gasteiger partial charge on any atom is -0.487 e. The number of nitrogens with one attached hydrogen (secondary N) is 2. The van der Waals surface area contributed by atoms with Crippen molar-refractivity contribution in [1.82, 2.24) is 20.3 Å². The molecule has 1 fully saturated rings. The molecule has 0 bridgehead atoms. The molecule has 2 aromatic heterocycles. The molecule has 7 heteroatoms. The van der Waals surface area contributed by atoms with Gasteiger partial charge in [-0.1, -0.05) is 0 Å². The van der Waals surface area contributed by atoms with E-state index in [9.17, 15) is 4.39 Å². The lowest BCUT2D eigenvalue weighted by atomic mass is 10.1. The molecule has 0 saturated carbocycles. The van der Waals surface area contributed by atoms with Crippen LogP contribution in [0.3, 0.4) is 0 Å². The monoisotopic (exact) mass is 339 g/mol. The number of pyridine rings is 1. The Bertz CT molecular complexity index is 882. The maximum absolute atomic E-state index is 14.3. The van der Waals surface area contributed by atoms with Crippen molar-refractivity contribution in [3.8, 4) is 5.75 Å². The Balaban J connectivity index is 1.52. The number of rotatable bonds is 5. The molecule has 4 rings (SSSR count). The highest BCUT2D eigenvalue weighted by atomic mass is 19.1. The van der Waals surface area contributed by atoms with Gasteiger partial charge < -0.3 is 15.4 Å². The molecule has 0 radical (unpaired) electrons. The van der Waals surface area contributed by atoms with Crippen LogP contribution in [0.2, 0.25) is 0 Å². The lowest BCUT2D eigenvalue weighted by Crippen LogP contribution is -2.20. The summed E-state index contributed by atoms with van der Waals surface area (Å²) in [6.45, 7) is 2.10. The van der Waals surface area contributed by atoms with Crippen LogP contribution in [0, 0.1) is 5.82 Å². The minimum atomic E-state index is -0.313. The summed E-state index contributed by atoms with van der Waals surface area (Å²) < 4.78 is 20.3. The number of ether oxygens (including phenoxy) is 1. The summed E-state index contributed by atoms with van der Waals surface area (Å²) in [4.78, 5) is 12.5. The van der Waals surface area contributed by atoms with Crippen molar-refractivity contribution in [1.29, 1.82) is 0 Å². The number of halogens is 1. The van der Waals surface area contributed by atoms with Gasteiger partial charge >= 0.3 is 0 Å². The van der Waals surface area contributed by atoms with E-state index in [0.717, 1.165) is 30.9 Å². The van der Waals surface area contributed by atoms with Gasteiger partial charge in [-0.3, -0.25) is 15.0 Å². The zero-order valence-corrected chi connectivity index (χ0v) is 13.6.